The Balaban J connectivity index is 2.37. The van der Waals surface area contributed by atoms with Gasteiger partial charge in [0.15, 0.2) is 0 Å². The second-order valence-electron chi connectivity index (χ2n) is 5.08. The predicted molar refractivity (Wildman–Crippen MR) is 80.3 cm³/mol. The van der Waals surface area contributed by atoms with Crippen LogP contribution in [0.15, 0.2) is 30.3 Å². The van der Waals surface area contributed by atoms with Crippen LogP contribution in [0.25, 0.3) is 5.69 Å². The highest BCUT2D eigenvalue weighted by Crippen LogP contribution is 2.17. The first kappa shape index (κ1) is 14.3. The Morgan fingerprint density at radius 2 is 1.95 bits per heavy atom. The molecule has 2 aromatic rings. The summed E-state index contributed by atoms with van der Waals surface area (Å²) in [7, 11) is 0. The van der Waals surface area contributed by atoms with E-state index in [2.05, 4.69) is 17.3 Å². The Hall–Kier alpha value is -2.10. The third kappa shape index (κ3) is 2.74. The molecule has 0 radical (unpaired) electrons. The summed E-state index contributed by atoms with van der Waals surface area (Å²) in [5, 5.41) is 7.49. The first-order chi connectivity index (χ1) is 9.54. The van der Waals surface area contributed by atoms with Gasteiger partial charge in [-0.3, -0.25) is 4.79 Å². The van der Waals surface area contributed by atoms with Gasteiger partial charge in [0.05, 0.1) is 22.6 Å². The molecule has 0 fully saturated rings. The summed E-state index contributed by atoms with van der Waals surface area (Å²) in [5.41, 5.74) is 3.27. The summed E-state index contributed by atoms with van der Waals surface area (Å²) in [5.74, 6) is -0.0449. The molecule has 20 heavy (non-hydrogen) atoms. The molecule has 0 bridgehead atoms. The molecule has 0 spiro atoms. The Bertz CT molecular complexity index is 602. The van der Waals surface area contributed by atoms with Gasteiger partial charge in [-0.2, -0.15) is 5.10 Å². The van der Waals surface area contributed by atoms with Gasteiger partial charge >= 0.3 is 0 Å². The number of aryl methyl sites for hydroxylation is 1. The van der Waals surface area contributed by atoms with E-state index in [0.29, 0.717) is 5.56 Å². The van der Waals surface area contributed by atoms with Crippen LogP contribution in [0.2, 0.25) is 0 Å². The zero-order valence-electron chi connectivity index (χ0n) is 12.5. The topological polar surface area (TPSA) is 46.9 Å². The van der Waals surface area contributed by atoms with Gasteiger partial charge in [-0.05, 0) is 39.3 Å². The summed E-state index contributed by atoms with van der Waals surface area (Å²) in [6, 6.07) is 10.0. The van der Waals surface area contributed by atoms with E-state index in [0.717, 1.165) is 23.5 Å². The SMILES string of the molecule is CCC(C)NC(=O)c1c(C)nn(-c2ccccc2)c1C. The van der Waals surface area contributed by atoms with E-state index >= 15 is 0 Å². The van der Waals surface area contributed by atoms with Gasteiger partial charge in [-0.15, -0.1) is 0 Å². The maximum atomic E-state index is 12.3. The lowest BCUT2D eigenvalue weighted by molar-refractivity contribution is 0.0938. The second kappa shape index (κ2) is 5.90. The first-order valence-electron chi connectivity index (χ1n) is 6.97. The zero-order chi connectivity index (χ0) is 14.7. The molecule has 0 saturated carbocycles. The van der Waals surface area contributed by atoms with Crippen molar-refractivity contribution < 1.29 is 4.79 Å². The lowest BCUT2D eigenvalue weighted by atomic mass is 10.1. The molecule has 4 nitrogen and oxygen atoms in total. The van der Waals surface area contributed by atoms with Crippen LogP contribution in [0.1, 0.15) is 42.0 Å². The van der Waals surface area contributed by atoms with Crippen molar-refractivity contribution in [1.82, 2.24) is 15.1 Å². The molecule has 1 unspecified atom stereocenters. The average molecular weight is 271 g/mol. The lowest BCUT2D eigenvalue weighted by Crippen LogP contribution is -2.32. The largest absolute Gasteiger partial charge is 0.349 e. The van der Waals surface area contributed by atoms with E-state index in [1.54, 1.807) is 0 Å². The standard InChI is InChI=1S/C16H21N3O/c1-5-11(2)17-16(20)15-12(3)18-19(13(15)4)14-9-7-6-8-10-14/h6-11H,5H2,1-4H3,(H,17,20). The highest BCUT2D eigenvalue weighted by Gasteiger charge is 2.20. The molecule has 1 amide bonds. The number of hydrogen-bond donors (Lipinski definition) is 1. The Morgan fingerprint density at radius 3 is 2.55 bits per heavy atom. The normalized spacial score (nSPS) is 12.2. The van der Waals surface area contributed by atoms with Crippen LogP contribution in [-0.4, -0.2) is 21.7 Å². The Labute approximate surface area is 119 Å². The van der Waals surface area contributed by atoms with Crippen molar-refractivity contribution in [3.05, 3.63) is 47.3 Å². The molecule has 2 rings (SSSR count). The van der Waals surface area contributed by atoms with Crippen molar-refractivity contribution in [3.63, 3.8) is 0 Å². The first-order valence-corrected chi connectivity index (χ1v) is 6.97. The quantitative estimate of drug-likeness (QED) is 0.929. The Kier molecular flexibility index (Phi) is 4.23. The molecular weight excluding hydrogens is 250 g/mol. The molecule has 1 N–H and O–H groups in total. The maximum absolute atomic E-state index is 12.3. The van der Waals surface area contributed by atoms with E-state index in [1.807, 2.05) is 55.8 Å². The van der Waals surface area contributed by atoms with Crippen molar-refractivity contribution in [2.75, 3.05) is 0 Å². The fraction of sp³-hybridized carbons (Fsp3) is 0.375. The van der Waals surface area contributed by atoms with Crippen molar-refractivity contribution in [2.45, 2.75) is 40.2 Å². The fourth-order valence-corrected chi connectivity index (χ4v) is 2.19. The molecule has 106 valence electrons. The van der Waals surface area contributed by atoms with Crippen LogP contribution in [0, 0.1) is 13.8 Å². The van der Waals surface area contributed by atoms with Crippen LogP contribution in [-0.2, 0) is 0 Å². The molecule has 0 aliphatic heterocycles. The van der Waals surface area contributed by atoms with E-state index in [-0.39, 0.29) is 11.9 Å². The monoisotopic (exact) mass is 271 g/mol. The second-order valence-corrected chi connectivity index (χ2v) is 5.08. The lowest BCUT2D eigenvalue weighted by Gasteiger charge is -2.11. The van der Waals surface area contributed by atoms with Crippen LogP contribution in [0.3, 0.4) is 0 Å². The smallest absolute Gasteiger partial charge is 0.255 e. The number of carbonyl (C=O) groups excluding carboxylic acids is 1. The molecule has 0 aliphatic rings. The number of amides is 1. The van der Waals surface area contributed by atoms with Gasteiger partial charge in [0.1, 0.15) is 0 Å². The van der Waals surface area contributed by atoms with Gasteiger partial charge in [0, 0.05) is 6.04 Å². The minimum absolute atomic E-state index is 0.0449. The van der Waals surface area contributed by atoms with E-state index in [1.165, 1.54) is 0 Å². The van der Waals surface area contributed by atoms with Gasteiger partial charge < -0.3 is 5.32 Å². The summed E-state index contributed by atoms with van der Waals surface area (Å²) in [6.45, 7) is 7.86. The number of para-hydroxylation sites is 1. The van der Waals surface area contributed by atoms with Crippen LogP contribution in [0.5, 0.6) is 0 Å². The third-order valence-corrected chi connectivity index (χ3v) is 3.51. The van der Waals surface area contributed by atoms with E-state index in [9.17, 15) is 4.79 Å². The number of hydrogen-bond acceptors (Lipinski definition) is 2. The molecule has 0 saturated heterocycles. The van der Waals surface area contributed by atoms with Gasteiger partial charge in [-0.25, -0.2) is 4.68 Å². The van der Waals surface area contributed by atoms with Crippen LogP contribution < -0.4 is 5.32 Å². The Morgan fingerprint density at radius 1 is 1.30 bits per heavy atom. The van der Waals surface area contributed by atoms with Crippen molar-refractivity contribution >= 4 is 5.91 Å². The summed E-state index contributed by atoms with van der Waals surface area (Å²) < 4.78 is 1.82. The van der Waals surface area contributed by atoms with E-state index < -0.39 is 0 Å². The summed E-state index contributed by atoms with van der Waals surface area (Å²) >= 11 is 0. The highest BCUT2D eigenvalue weighted by atomic mass is 16.1. The van der Waals surface area contributed by atoms with Crippen molar-refractivity contribution in [1.29, 1.82) is 0 Å². The minimum Gasteiger partial charge on any atom is -0.349 e. The van der Waals surface area contributed by atoms with Crippen molar-refractivity contribution in [2.24, 2.45) is 0 Å². The molecule has 1 heterocycles. The third-order valence-electron chi connectivity index (χ3n) is 3.51. The molecule has 0 aliphatic carbocycles. The molecular formula is C16H21N3O. The number of carbonyl (C=O) groups is 1. The summed E-state index contributed by atoms with van der Waals surface area (Å²) in [6.07, 6.45) is 0.913. The van der Waals surface area contributed by atoms with Gasteiger partial charge in [0.2, 0.25) is 0 Å². The average Bonchev–Trinajstić information content (AvgIpc) is 2.74. The number of aromatic nitrogens is 2. The molecule has 4 heteroatoms. The van der Waals surface area contributed by atoms with Crippen LogP contribution >= 0.6 is 0 Å². The van der Waals surface area contributed by atoms with E-state index in [4.69, 9.17) is 0 Å². The van der Waals surface area contributed by atoms with Crippen LogP contribution in [0.4, 0.5) is 0 Å². The number of benzene rings is 1. The minimum atomic E-state index is -0.0449. The summed E-state index contributed by atoms with van der Waals surface area (Å²) in [4.78, 5) is 12.3. The fourth-order valence-electron chi connectivity index (χ4n) is 2.19. The molecule has 1 atom stereocenters. The predicted octanol–water partition coefficient (Wildman–Crippen LogP) is 3.02. The zero-order valence-corrected chi connectivity index (χ0v) is 12.5. The molecule has 1 aromatic carbocycles. The van der Waals surface area contributed by atoms with Gasteiger partial charge in [-0.1, -0.05) is 25.1 Å². The number of nitrogens with zero attached hydrogens (tertiary/aromatic N) is 2. The number of nitrogens with one attached hydrogen (secondary N) is 1. The molecule has 1 aromatic heterocycles. The number of rotatable bonds is 4. The van der Waals surface area contributed by atoms with Crippen molar-refractivity contribution in [3.8, 4) is 5.69 Å². The maximum Gasteiger partial charge on any atom is 0.255 e. The highest BCUT2D eigenvalue weighted by molar-refractivity contribution is 5.96. The van der Waals surface area contributed by atoms with Gasteiger partial charge in [0.25, 0.3) is 5.91 Å².